The predicted molar refractivity (Wildman–Crippen MR) is 83.5 cm³/mol. The van der Waals surface area contributed by atoms with Crippen LogP contribution < -0.4 is 11.3 Å². The Bertz CT molecular complexity index is 822. The number of hydrogen-bond donors (Lipinski definition) is 2. The second kappa shape index (κ2) is 5.88. The standard InChI is InChI=1S/C14H17N3O4S/c1-4-7(14(20)21)17-8(5-2)16-12-9(13(17)19)6(3)10(22-12)11(15)18/h7H,4-5H2,1-3H3,(H2,15,18)(H,20,21). The lowest BCUT2D eigenvalue weighted by molar-refractivity contribution is -0.141. The van der Waals surface area contributed by atoms with Crippen LogP contribution in [0.2, 0.25) is 0 Å². The number of nitrogens with zero attached hydrogens (tertiary/aromatic N) is 2. The lowest BCUT2D eigenvalue weighted by Gasteiger charge is -2.17. The lowest BCUT2D eigenvalue weighted by Crippen LogP contribution is -2.33. The average Bonchev–Trinajstić information content (AvgIpc) is 2.78. The Balaban J connectivity index is 2.90. The highest BCUT2D eigenvalue weighted by Crippen LogP contribution is 2.28. The third-order valence-electron chi connectivity index (χ3n) is 3.59. The number of nitrogens with two attached hydrogens (primary N) is 1. The van der Waals surface area contributed by atoms with E-state index in [-0.39, 0.29) is 16.7 Å². The van der Waals surface area contributed by atoms with E-state index in [1.807, 2.05) is 0 Å². The second-order valence-corrected chi connectivity index (χ2v) is 5.92. The first-order valence-electron chi connectivity index (χ1n) is 6.90. The van der Waals surface area contributed by atoms with Crippen LogP contribution in [0.1, 0.15) is 47.4 Å². The smallest absolute Gasteiger partial charge is 0.326 e. The Hall–Kier alpha value is -2.22. The molecule has 0 aliphatic carbocycles. The molecule has 2 heterocycles. The fraction of sp³-hybridized carbons (Fsp3) is 0.429. The lowest BCUT2D eigenvalue weighted by atomic mass is 10.1. The van der Waals surface area contributed by atoms with Crippen molar-refractivity contribution < 1.29 is 14.7 Å². The Kier molecular flexibility index (Phi) is 4.32. The molecule has 0 saturated heterocycles. The van der Waals surface area contributed by atoms with Crippen molar-refractivity contribution in [3.63, 3.8) is 0 Å². The zero-order chi connectivity index (χ0) is 16.6. The minimum Gasteiger partial charge on any atom is -0.480 e. The summed E-state index contributed by atoms with van der Waals surface area (Å²) in [6, 6.07) is -0.976. The summed E-state index contributed by atoms with van der Waals surface area (Å²) < 4.78 is 1.22. The number of aryl methyl sites for hydroxylation is 2. The van der Waals surface area contributed by atoms with Crippen molar-refractivity contribution in [2.24, 2.45) is 5.73 Å². The molecular weight excluding hydrogens is 306 g/mol. The number of thiophene rings is 1. The van der Waals surface area contributed by atoms with E-state index in [1.54, 1.807) is 20.8 Å². The molecule has 0 bridgehead atoms. The summed E-state index contributed by atoms with van der Waals surface area (Å²) in [6.45, 7) is 5.12. The molecule has 0 aliphatic rings. The number of carboxylic acid groups (broad SMARTS) is 1. The van der Waals surface area contributed by atoms with Crippen molar-refractivity contribution >= 4 is 33.4 Å². The Morgan fingerprint density at radius 3 is 2.50 bits per heavy atom. The van der Waals surface area contributed by atoms with Crippen molar-refractivity contribution in [2.75, 3.05) is 0 Å². The largest absolute Gasteiger partial charge is 0.480 e. The van der Waals surface area contributed by atoms with Crippen molar-refractivity contribution in [2.45, 2.75) is 39.7 Å². The van der Waals surface area contributed by atoms with Crippen LogP contribution in [0.4, 0.5) is 0 Å². The fourth-order valence-corrected chi connectivity index (χ4v) is 3.55. The number of hydrogen-bond acceptors (Lipinski definition) is 5. The van der Waals surface area contributed by atoms with E-state index in [0.717, 1.165) is 11.3 Å². The number of aromatic nitrogens is 2. The number of fused-ring (bicyclic) bond motifs is 1. The van der Waals surface area contributed by atoms with Crippen LogP contribution in [-0.4, -0.2) is 26.5 Å². The van der Waals surface area contributed by atoms with Crippen LogP contribution in [0.25, 0.3) is 10.2 Å². The fourth-order valence-electron chi connectivity index (χ4n) is 2.51. The van der Waals surface area contributed by atoms with Crippen LogP contribution in [0, 0.1) is 6.92 Å². The summed E-state index contributed by atoms with van der Waals surface area (Å²) >= 11 is 1.07. The molecule has 1 unspecified atom stereocenters. The van der Waals surface area contributed by atoms with Crippen molar-refractivity contribution in [3.05, 3.63) is 26.6 Å². The molecule has 0 fully saturated rings. The molecule has 1 amide bonds. The molecule has 3 N–H and O–H groups in total. The minimum absolute atomic E-state index is 0.265. The zero-order valence-corrected chi connectivity index (χ0v) is 13.4. The first-order chi connectivity index (χ1) is 10.3. The maximum absolute atomic E-state index is 12.8. The van der Waals surface area contributed by atoms with Crippen LogP contribution in [-0.2, 0) is 11.2 Å². The van der Waals surface area contributed by atoms with Crippen LogP contribution in [0.15, 0.2) is 4.79 Å². The van der Waals surface area contributed by atoms with Gasteiger partial charge in [-0.25, -0.2) is 9.78 Å². The Morgan fingerprint density at radius 1 is 1.41 bits per heavy atom. The van der Waals surface area contributed by atoms with Gasteiger partial charge in [0.2, 0.25) is 0 Å². The van der Waals surface area contributed by atoms with Gasteiger partial charge in [0.05, 0.1) is 10.3 Å². The number of amides is 1. The number of carboxylic acids is 1. The minimum atomic E-state index is -1.08. The van der Waals surface area contributed by atoms with E-state index in [0.29, 0.717) is 22.6 Å². The average molecular weight is 323 g/mol. The van der Waals surface area contributed by atoms with Gasteiger partial charge < -0.3 is 10.8 Å². The number of primary amides is 1. The van der Waals surface area contributed by atoms with Gasteiger partial charge in [0.25, 0.3) is 11.5 Å². The van der Waals surface area contributed by atoms with Gasteiger partial charge >= 0.3 is 5.97 Å². The number of carbonyl (C=O) groups excluding carboxylic acids is 1. The van der Waals surface area contributed by atoms with Crippen LogP contribution in [0.5, 0.6) is 0 Å². The molecule has 0 saturated carbocycles. The summed E-state index contributed by atoms with van der Waals surface area (Å²) in [5.41, 5.74) is 5.34. The summed E-state index contributed by atoms with van der Waals surface area (Å²) in [5.74, 6) is -1.30. The van der Waals surface area contributed by atoms with Gasteiger partial charge in [-0.3, -0.25) is 14.2 Å². The normalized spacial score (nSPS) is 12.5. The molecule has 1 atom stereocenters. The molecule has 0 radical (unpaired) electrons. The number of carbonyl (C=O) groups is 2. The van der Waals surface area contributed by atoms with Gasteiger partial charge in [-0.15, -0.1) is 11.3 Å². The molecule has 8 heteroatoms. The highest BCUT2D eigenvalue weighted by molar-refractivity contribution is 7.20. The molecule has 118 valence electrons. The van der Waals surface area contributed by atoms with Gasteiger partial charge in [-0.1, -0.05) is 13.8 Å². The highest BCUT2D eigenvalue weighted by Gasteiger charge is 2.26. The quantitative estimate of drug-likeness (QED) is 0.864. The molecule has 0 spiro atoms. The van der Waals surface area contributed by atoms with Gasteiger partial charge in [-0.05, 0) is 18.9 Å². The predicted octanol–water partition coefficient (Wildman–Crippen LogP) is 1.46. The van der Waals surface area contributed by atoms with Crippen molar-refractivity contribution in [1.29, 1.82) is 0 Å². The van der Waals surface area contributed by atoms with Crippen molar-refractivity contribution in [1.82, 2.24) is 9.55 Å². The highest BCUT2D eigenvalue weighted by atomic mass is 32.1. The Labute approximate surface area is 130 Å². The van der Waals surface area contributed by atoms with Gasteiger partial charge in [0.1, 0.15) is 16.7 Å². The third kappa shape index (κ3) is 2.39. The topological polar surface area (TPSA) is 115 Å². The summed E-state index contributed by atoms with van der Waals surface area (Å²) in [5, 5.41) is 9.62. The van der Waals surface area contributed by atoms with E-state index in [2.05, 4.69) is 4.98 Å². The van der Waals surface area contributed by atoms with E-state index in [4.69, 9.17) is 5.73 Å². The molecule has 7 nitrogen and oxygen atoms in total. The van der Waals surface area contributed by atoms with E-state index < -0.39 is 23.5 Å². The molecule has 2 rings (SSSR count). The van der Waals surface area contributed by atoms with E-state index >= 15 is 0 Å². The molecular formula is C14H17N3O4S. The summed E-state index contributed by atoms with van der Waals surface area (Å²) in [4.78, 5) is 40.7. The first-order valence-corrected chi connectivity index (χ1v) is 7.72. The van der Waals surface area contributed by atoms with Crippen molar-refractivity contribution in [3.8, 4) is 0 Å². The SMILES string of the molecule is CCc1nc2sc(C(N)=O)c(C)c2c(=O)n1C(CC)C(=O)O. The third-order valence-corrected chi connectivity index (χ3v) is 4.79. The zero-order valence-electron chi connectivity index (χ0n) is 12.5. The molecule has 2 aromatic rings. The molecule has 0 aliphatic heterocycles. The maximum Gasteiger partial charge on any atom is 0.326 e. The maximum atomic E-state index is 12.8. The Morgan fingerprint density at radius 2 is 2.05 bits per heavy atom. The van der Waals surface area contributed by atoms with Gasteiger partial charge in [0, 0.05) is 6.42 Å². The monoisotopic (exact) mass is 323 g/mol. The molecule has 0 aromatic carbocycles. The van der Waals surface area contributed by atoms with Gasteiger partial charge in [0.15, 0.2) is 0 Å². The molecule has 22 heavy (non-hydrogen) atoms. The van der Waals surface area contributed by atoms with Crippen LogP contribution >= 0.6 is 11.3 Å². The molecule has 2 aromatic heterocycles. The van der Waals surface area contributed by atoms with Gasteiger partial charge in [-0.2, -0.15) is 0 Å². The number of aliphatic carboxylic acids is 1. The van der Waals surface area contributed by atoms with Crippen LogP contribution in [0.3, 0.4) is 0 Å². The second-order valence-electron chi connectivity index (χ2n) is 4.92. The first kappa shape index (κ1) is 16.2. The summed E-state index contributed by atoms with van der Waals surface area (Å²) in [7, 11) is 0. The number of rotatable bonds is 5. The summed E-state index contributed by atoms with van der Waals surface area (Å²) in [6.07, 6.45) is 0.680. The van der Waals surface area contributed by atoms with E-state index in [9.17, 15) is 19.5 Å². The van der Waals surface area contributed by atoms with E-state index in [1.165, 1.54) is 4.57 Å².